The molecule has 3 aromatic rings. The van der Waals surface area contributed by atoms with Crippen LogP contribution in [0, 0.1) is 17.5 Å². The highest BCUT2D eigenvalue weighted by Crippen LogP contribution is 2.27. The SMILES string of the molecule is NC(=O)c1cccc(COc2ccc(-c3cc(F)c(F)cc3F)cc2)c1. The highest BCUT2D eigenvalue weighted by atomic mass is 19.2. The standard InChI is InChI=1S/C20H14F3NO2/c21-17-10-19(23)18(22)9-16(17)13-4-6-15(7-5-13)26-11-12-2-1-3-14(8-12)20(24)25/h1-10H,11H2,(H2,24,25). The van der Waals surface area contributed by atoms with Gasteiger partial charge in [-0.15, -0.1) is 0 Å². The second-order valence-electron chi connectivity index (χ2n) is 5.62. The Morgan fingerprint density at radius 1 is 0.885 bits per heavy atom. The lowest BCUT2D eigenvalue weighted by atomic mass is 10.0. The van der Waals surface area contributed by atoms with Crippen molar-refractivity contribution in [2.24, 2.45) is 5.73 Å². The molecule has 0 aromatic heterocycles. The van der Waals surface area contributed by atoms with Gasteiger partial charge in [0.2, 0.25) is 5.91 Å². The molecule has 0 fully saturated rings. The Morgan fingerprint density at radius 2 is 1.58 bits per heavy atom. The fraction of sp³-hybridized carbons (Fsp3) is 0.0500. The van der Waals surface area contributed by atoms with Gasteiger partial charge in [-0.2, -0.15) is 0 Å². The van der Waals surface area contributed by atoms with Gasteiger partial charge in [0, 0.05) is 17.2 Å². The Balaban J connectivity index is 1.73. The molecule has 0 aliphatic heterocycles. The van der Waals surface area contributed by atoms with E-state index in [0.29, 0.717) is 22.9 Å². The van der Waals surface area contributed by atoms with Gasteiger partial charge in [0.25, 0.3) is 0 Å². The first-order chi connectivity index (χ1) is 12.4. The number of primary amides is 1. The van der Waals surface area contributed by atoms with E-state index in [4.69, 9.17) is 10.5 Å². The quantitative estimate of drug-likeness (QED) is 0.686. The first kappa shape index (κ1) is 17.5. The molecule has 0 aliphatic carbocycles. The number of hydrogen-bond donors (Lipinski definition) is 1. The Hall–Kier alpha value is -3.28. The van der Waals surface area contributed by atoms with Crippen LogP contribution in [0.2, 0.25) is 0 Å². The van der Waals surface area contributed by atoms with Gasteiger partial charge in [-0.25, -0.2) is 13.2 Å². The highest BCUT2D eigenvalue weighted by Gasteiger charge is 2.11. The second-order valence-corrected chi connectivity index (χ2v) is 5.62. The molecule has 0 spiro atoms. The van der Waals surface area contributed by atoms with Gasteiger partial charge in [-0.1, -0.05) is 24.3 Å². The van der Waals surface area contributed by atoms with Crippen molar-refractivity contribution in [3.8, 4) is 16.9 Å². The minimum absolute atomic E-state index is 0.0374. The van der Waals surface area contributed by atoms with E-state index >= 15 is 0 Å². The van der Waals surface area contributed by atoms with Gasteiger partial charge in [-0.3, -0.25) is 4.79 Å². The third-order valence-corrected chi connectivity index (χ3v) is 3.79. The normalized spacial score (nSPS) is 10.6. The van der Waals surface area contributed by atoms with Crippen LogP contribution in [-0.4, -0.2) is 5.91 Å². The Labute approximate surface area is 147 Å². The summed E-state index contributed by atoms with van der Waals surface area (Å²) in [5.41, 5.74) is 6.73. The molecule has 2 N–H and O–H groups in total. The van der Waals surface area contributed by atoms with Crippen LogP contribution in [0.25, 0.3) is 11.1 Å². The summed E-state index contributed by atoms with van der Waals surface area (Å²) in [5, 5.41) is 0. The summed E-state index contributed by atoms with van der Waals surface area (Å²) >= 11 is 0. The number of ether oxygens (including phenoxy) is 1. The molecule has 3 rings (SSSR count). The van der Waals surface area contributed by atoms with E-state index in [1.807, 2.05) is 0 Å². The number of rotatable bonds is 5. The minimum atomic E-state index is -1.23. The highest BCUT2D eigenvalue weighted by molar-refractivity contribution is 5.92. The molecule has 0 saturated carbocycles. The lowest BCUT2D eigenvalue weighted by Gasteiger charge is -2.09. The molecule has 0 heterocycles. The fourth-order valence-electron chi connectivity index (χ4n) is 2.46. The van der Waals surface area contributed by atoms with Gasteiger partial charge in [0.15, 0.2) is 11.6 Å². The predicted octanol–water partition coefficient (Wildman–Crippen LogP) is 4.45. The molecule has 3 nitrogen and oxygen atoms in total. The topological polar surface area (TPSA) is 52.3 Å². The third-order valence-electron chi connectivity index (χ3n) is 3.79. The molecular formula is C20H14F3NO2. The van der Waals surface area contributed by atoms with E-state index < -0.39 is 23.4 Å². The zero-order valence-corrected chi connectivity index (χ0v) is 13.5. The van der Waals surface area contributed by atoms with Crippen molar-refractivity contribution in [2.45, 2.75) is 6.61 Å². The number of halogens is 3. The molecule has 0 radical (unpaired) electrons. The first-order valence-corrected chi connectivity index (χ1v) is 7.70. The lowest BCUT2D eigenvalue weighted by molar-refractivity contribution is 0.1000. The number of amides is 1. The summed E-state index contributed by atoms with van der Waals surface area (Å²) in [6.07, 6.45) is 0. The van der Waals surface area contributed by atoms with E-state index in [-0.39, 0.29) is 12.2 Å². The average Bonchev–Trinajstić information content (AvgIpc) is 2.64. The van der Waals surface area contributed by atoms with Gasteiger partial charge in [0.05, 0.1) is 0 Å². The van der Waals surface area contributed by atoms with Crippen LogP contribution < -0.4 is 10.5 Å². The van der Waals surface area contributed by atoms with Crippen LogP contribution in [-0.2, 0) is 6.61 Å². The minimum Gasteiger partial charge on any atom is -0.489 e. The van der Waals surface area contributed by atoms with Crippen LogP contribution in [0.4, 0.5) is 13.2 Å². The van der Waals surface area contributed by atoms with Crippen LogP contribution >= 0.6 is 0 Å². The van der Waals surface area contributed by atoms with Crippen molar-refractivity contribution in [2.75, 3.05) is 0 Å². The molecule has 0 saturated heterocycles. The predicted molar refractivity (Wildman–Crippen MR) is 91.0 cm³/mol. The van der Waals surface area contributed by atoms with Crippen molar-refractivity contribution in [1.29, 1.82) is 0 Å². The lowest BCUT2D eigenvalue weighted by Crippen LogP contribution is -2.11. The molecular weight excluding hydrogens is 343 g/mol. The number of hydrogen-bond acceptors (Lipinski definition) is 2. The zero-order chi connectivity index (χ0) is 18.7. The average molecular weight is 357 g/mol. The molecule has 1 amide bonds. The Kier molecular flexibility index (Phi) is 4.93. The molecule has 6 heteroatoms. The van der Waals surface area contributed by atoms with Gasteiger partial charge >= 0.3 is 0 Å². The number of benzene rings is 3. The van der Waals surface area contributed by atoms with Crippen LogP contribution in [0.5, 0.6) is 5.75 Å². The Bertz CT molecular complexity index is 956. The first-order valence-electron chi connectivity index (χ1n) is 7.70. The van der Waals surface area contributed by atoms with E-state index in [9.17, 15) is 18.0 Å². The van der Waals surface area contributed by atoms with E-state index in [1.165, 1.54) is 0 Å². The Morgan fingerprint density at radius 3 is 2.27 bits per heavy atom. The van der Waals surface area contributed by atoms with Crippen molar-refractivity contribution in [1.82, 2.24) is 0 Å². The van der Waals surface area contributed by atoms with E-state index in [2.05, 4.69) is 0 Å². The van der Waals surface area contributed by atoms with Crippen molar-refractivity contribution < 1.29 is 22.7 Å². The molecule has 0 atom stereocenters. The summed E-state index contributed by atoms with van der Waals surface area (Å²) in [7, 11) is 0. The largest absolute Gasteiger partial charge is 0.489 e. The maximum atomic E-state index is 13.8. The monoisotopic (exact) mass is 357 g/mol. The summed E-state index contributed by atoms with van der Waals surface area (Å²) < 4.78 is 45.8. The molecule has 0 aliphatic rings. The van der Waals surface area contributed by atoms with Crippen LogP contribution in [0.1, 0.15) is 15.9 Å². The van der Waals surface area contributed by atoms with E-state index in [1.54, 1.807) is 48.5 Å². The van der Waals surface area contributed by atoms with Gasteiger partial charge in [-0.05, 0) is 41.5 Å². The number of carbonyl (C=O) groups is 1. The zero-order valence-electron chi connectivity index (χ0n) is 13.5. The summed E-state index contributed by atoms with van der Waals surface area (Å²) in [4.78, 5) is 11.2. The fourth-order valence-corrected chi connectivity index (χ4v) is 2.46. The molecule has 0 bridgehead atoms. The summed E-state index contributed by atoms with van der Waals surface area (Å²) in [6.45, 7) is 0.208. The third kappa shape index (κ3) is 3.85. The summed E-state index contributed by atoms with van der Waals surface area (Å²) in [5.74, 6) is -3.22. The number of nitrogens with two attached hydrogens (primary N) is 1. The van der Waals surface area contributed by atoms with Crippen molar-refractivity contribution in [3.63, 3.8) is 0 Å². The molecule has 26 heavy (non-hydrogen) atoms. The van der Waals surface area contributed by atoms with Crippen LogP contribution in [0.15, 0.2) is 60.7 Å². The molecule has 0 unspecified atom stereocenters. The summed E-state index contributed by atoms with van der Waals surface area (Å²) in [6, 6.07) is 14.3. The number of carbonyl (C=O) groups excluding carboxylic acids is 1. The maximum absolute atomic E-state index is 13.8. The van der Waals surface area contributed by atoms with E-state index in [0.717, 1.165) is 11.6 Å². The van der Waals surface area contributed by atoms with Crippen molar-refractivity contribution >= 4 is 5.91 Å². The second kappa shape index (κ2) is 7.31. The van der Waals surface area contributed by atoms with Crippen molar-refractivity contribution in [3.05, 3.63) is 89.2 Å². The van der Waals surface area contributed by atoms with Gasteiger partial charge in [0.1, 0.15) is 18.2 Å². The molecule has 3 aromatic carbocycles. The maximum Gasteiger partial charge on any atom is 0.248 e. The van der Waals surface area contributed by atoms with Crippen LogP contribution in [0.3, 0.4) is 0 Å². The molecule has 132 valence electrons. The van der Waals surface area contributed by atoms with Gasteiger partial charge < -0.3 is 10.5 Å². The smallest absolute Gasteiger partial charge is 0.248 e.